The Hall–Kier alpha value is -1.05. The molecule has 1 aliphatic heterocycles. The van der Waals surface area contributed by atoms with Gasteiger partial charge in [-0.15, -0.1) is 11.8 Å². The Labute approximate surface area is 93.5 Å². The molecule has 4 heteroatoms. The summed E-state index contributed by atoms with van der Waals surface area (Å²) >= 11 is 1.70. The van der Waals surface area contributed by atoms with E-state index in [1.165, 1.54) is 0 Å². The van der Waals surface area contributed by atoms with E-state index < -0.39 is 0 Å². The van der Waals surface area contributed by atoms with Crippen LogP contribution in [0.5, 0.6) is 0 Å². The molecule has 0 aromatic carbocycles. The fraction of sp³-hybridized carbons (Fsp3) is 0.455. The molecule has 1 saturated heterocycles. The molecule has 1 aliphatic rings. The minimum Gasteiger partial charge on any atom is -0.377 e. The zero-order chi connectivity index (χ0) is 10.7. The van der Waals surface area contributed by atoms with Crippen LogP contribution in [0.15, 0.2) is 23.4 Å². The number of aromatic nitrogens is 1. The van der Waals surface area contributed by atoms with E-state index in [-0.39, 0.29) is 6.10 Å². The summed E-state index contributed by atoms with van der Waals surface area (Å²) in [6.45, 7) is 2.90. The molecule has 2 rings (SSSR count). The van der Waals surface area contributed by atoms with Gasteiger partial charge in [0, 0.05) is 29.1 Å². The maximum absolute atomic E-state index is 8.94. The summed E-state index contributed by atoms with van der Waals surface area (Å²) in [5.41, 5.74) is 0.703. The number of rotatable bonds is 2. The molecule has 2 unspecified atom stereocenters. The van der Waals surface area contributed by atoms with Gasteiger partial charge in [-0.2, -0.15) is 5.26 Å². The first-order chi connectivity index (χ1) is 7.31. The van der Waals surface area contributed by atoms with E-state index >= 15 is 0 Å². The number of ether oxygens (including phenoxy) is 1. The molecule has 1 aromatic heterocycles. The van der Waals surface area contributed by atoms with E-state index in [1.807, 2.05) is 0 Å². The first-order valence-electron chi connectivity index (χ1n) is 4.93. The van der Waals surface area contributed by atoms with Crippen molar-refractivity contribution in [1.29, 1.82) is 5.26 Å². The highest BCUT2D eigenvalue weighted by Crippen LogP contribution is 2.33. The highest BCUT2D eigenvalue weighted by molar-refractivity contribution is 8.00. The van der Waals surface area contributed by atoms with Gasteiger partial charge in [0.25, 0.3) is 0 Å². The molecule has 0 aliphatic carbocycles. The van der Waals surface area contributed by atoms with Gasteiger partial charge in [-0.3, -0.25) is 4.98 Å². The van der Waals surface area contributed by atoms with Crippen molar-refractivity contribution in [2.75, 3.05) is 6.61 Å². The molecule has 0 spiro atoms. The van der Waals surface area contributed by atoms with Crippen LogP contribution < -0.4 is 0 Å². The van der Waals surface area contributed by atoms with Crippen LogP contribution in [0.25, 0.3) is 0 Å². The topological polar surface area (TPSA) is 45.9 Å². The molecule has 15 heavy (non-hydrogen) atoms. The lowest BCUT2D eigenvalue weighted by molar-refractivity contribution is 0.127. The first kappa shape index (κ1) is 10.5. The average molecular weight is 220 g/mol. The van der Waals surface area contributed by atoms with Gasteiger partial charge in [-0.25, -0.2) is 0 Å². The number of hydrogen-bond donors (Lipinski definition) is 0. The van der Waals surface area contributed by atoms with E-state index in [9.17, 15) is 0 Å². The van der Waals surface area contributed by atoms with Crippen molar-refractivity contribution >= 4 is 11.8 Å². The normalized spacial score (nSPS) is 25.1. The van der Waals surface area contributed by atoms with Crippen molar-refractivity contribution < 1.29 is 4.74 Å². The molecular formula is C11H12N2OS. The predicted octanol–water partition coefficient (Wildman–Crippen LogP) is 2.22. The van der Waals surface area contributed by atoms with E-state index in [4.69, 9.17) is 10.00 Å². The Bertz CT molecular complexity index is 388. The fourth-order valence-electron chi connectivity index (χ4n) is 1.60. The van der Waals surface area contributed by atoms with Crippen LogP contribution in [0.3, 0.4) is 0 Å². The summed E-state index contributed by atoms with van der Waals surface area (Å²) in [6.07, 6.45) is 4.72. The van der Waals surface area contributed by atoms with Crippen LogP contribution >= 0.6 is 11.8 Å². The lowest BCUT2D eigenvalue weighted by atomic mass is 10.2. The molecule has 0 saturated carbocycles. The van der Waals surface area contributed by atoms with Gasteiger partial charge in [0.2, 0.25) is 0 Å². The van der Waals surface area contributed by atoms with Crippen LogP contribution in [0.2, 0.25) is 0 Å². The molecule has 0 N–H and O–H groups in total. The quantitative estimate of drug-likeness (QED) is 0.766. The van der Waals surface area contributed by atoms with Gasteiger partial charge >= 0.3 is 0 Å². The van der Waals surface area contributed by atoms with Crippen LogP contribution in [0.1, 0.15) is 18.9 Å². The molecule has 78 valence electrons. The predicted molar refractivity (Wildman–Crippen MR) is 58.6 cm³/mol. The maximum atomic E-state index is 8.94. The van der Waals surface area contributed by atoms with Crippen LogP contribution in [0.4, 0.5) is 0 Å². The average Bonchev–Trinajstić information content (AvgIpc) is 2.65. The monoisotopic (exact) mass is 220 g/mol. The minimum absolute atomic E-state index is 0.266. The number of thioether (sulfide) groups is 1. The Morgan fingerprint density at radius 1 is 1.67 bits per heavy atom. The maximum Gasteiger partial charge on any atom is 0.100 e. The summed E-state index contributed by atoms with van der Waals surface area (Å²) in [5.74, 6) is 0. The van der Waals surface area contributed by atoms with E-state index in [2.05, 4.69) is 18.0 Å². The highest BCUT2D eigenvalue weighted by Gasteiger charge is 2.25. The second kappa shape index (κ2) is 4.65. The zero-order valence-electron chi connectivity index (χ0n) is 8.51. The SMILES string of the molecule is CC1OCCC1Sc1cnccc1C#N. The third-order valence-corrected chi connectivity index (χ3v) is 3.99. The second-order valence-corrected chi connectivity index (χ2v) is 4.79. The third kappa shape index (κ3) is 2.31. The van der Waals surface area contributed by atoms with Crippen molar-refractivity contribution in [3.05, 3.63) is 24.0 Å². The fourth-order valence-corrected chi connectivity index (χ4v) is 2.77. The van der Waals surface area contributed by atoms with Crippen LogP contribution in [-0.2, 0) is 4.74 Å². The number of pyridine rings is 1. The molecule has 2 atom stereocenters. The van der Waals surface area contributed by atoms with Gasteiger partial charge in [-0.05, 0) is 19.4 Å². The number of nitriles is 1. The summed E-state index contributed by atoms with van der Waals surface area (Å²) in [5, 5.41) is 9.38. The van der Waals surface area contributed by atoms with Crippen LogP contribution in [-0.4, -0.2) is 22.9 Å². The van der Waals surface area contributed by atoms with Crippen molar-refractivity contribution in [2.24, 2.45) is 0 Å². The Morgan fingerprint density at radius 2 is 2.53 bits per heavy atom. The van der Waals surface area contributed by atoms with E-state index in [1.54, 1.807) is 30.2 Å². The summed E-state index contributed by atoms with van der Waals surface area (Å²) < 4.78 is 5.49. The molecule has 3 nitrogen and oxygen atoms in total. The largest absolute Gasteiger partial charge is 0.377 e. The Kier molecular flexibility index (Phi) is 3.24. The number of hydrogen-bond acceptors (Lipinski definition) is 4. The van der Waals surface area contributed by atoms with Gasteiger partial charge in [0.1, 0.15) is 6.07 Å². The molecule has 0 radical (unpaired) electrons. The van der Waals surface area contributed by atoms with Crippen molar-refractivity contribution in [1.82, 2.24) is 4.98 Å². The third-order valence-electron chi connectivity index (χ3n) is 2.49. The van der Waals surface area contributed by atoms with Gasteiger partial charge in [-0.1, -0.05) is 0 Å². The number of nitrogens with zero attached hydrogens (tertiary/aromatic N) is 2. The van der Waals surface area contributed by atoms with E-state index in [0.717, 1.165) is 17.9 Å². The molecule has 0 bridgehead atoms. The minimum atomic E-state index is 0.266. The molecule has 1 fully saturated rings. The Balaban J connectivity index is 2.14. The van der Waals surface area contributed by atoms with Crippen molar-refractivity contribution in [3.63, 3.8) is 0 Å². The van der Waals surface area contributed by atoms with Crippen molar-refractivity contribution in [3.8, 4) is 6.07 Å². The van der Waals surface area contributed by atoms with Gasteiger partial charge in [0.05, 0.1) is 11.7 Å². The lowest BCUT2D eigenvalue weighted by Gasteiger charge is -2.13. The van der Waals surface area contributed by atoms with E-state index in [0.29, 0.717) is 10.8 Å². The van der Waals surface area contributed by atoms with Gasteiger partial charge < -0.3 is 4.74 Å². The summed E-state index contributed by atoms with van der Waals surface area (Å²) in [7, 11) is 0. The molecule has 1 aromatic rings. The summed E-state index contributed by atoms with van der Waals surface area (Å²) in [4.78, 5) is 5.01. The standard InChI is InChI=1S/C11H12N2OS/c1-8-10(3-5-14-8)15-11-7-13-4-2-9(11)6-12/h2,4,7-8,10H,3,5H2,1H3. The molecular weight excluding hydrogens is 208 g/mol. The smallest absolute Gasteiger partial charge is 0.100 e. The van der Waals surface area contributed by atoms with Gasteiger partial charge in [0.15, 0.2) is 0 Å². The van der Waals surface area contributed by atoms with Crippen molar-refractivity contribution in [2.45, 2.75) is 29.6 Å². The molecule has 0 amide bonds. The molecule has 2 heterocycles. The van der Waals surface area contributed by atoms with Crippen LogP contribution in [0, 0.1) is 11.3 Å². The lowest BCUT2D eigenvalue weighted by Crippen LogP contribution is -2.13. The second-order valence-electron chi connectivity index (χ2n) is 3.50. The Morgan fingerprint density at radius 3 is 3.20 bits per heavy atom. The first-order valence-corrected chi connectivity index (χ1v) is 5.81. The summed E-state index contributed by atoms with van der Waals surface area (Å²) in [6, 6.07) is 3.94. The zero-order valence-corrected chi connectivity index (χ0v) is 9.33. The highest BCUT2D eigenvalue weighted by atomic mass is 32.2.